The minimum absolute atomic E-state index is 0. The van der Waals surface area contributed by atoms with Crippen molar-refractivity contribution in [2.45, 2.75) is 20.4 Å². The number of rotatable bonds is 8. The van der Waals surface area contributed by atoms with Gasteiger partial charge in [0.05, 0.1) is 13.1 Å². The number of halogens is 2. The van der Waals surface area contributed by atoms with Gasteiger partial charge in [-0.25, -0.2) is 9.38 Å². The number of carbonyl (C=O) groups excluding carboxylic acids is 1. The molecule has 2 rings (SSSR count). The highest BCUT2D eigenvalue weighted by Crippen LogP contribution is 2.17. The Morgan fingerprint density at radius 3 is 2.64 bits per heavy atom. The van der Waals surface area contributed by atoms with E-state index in [1.165, 1.54) is 13.0 Å². The van der Waals surface area contributed by atoms with Crippen molar-refractivity contribution in [1.29, 1.82) is 0 Å². The molecule has 0 atom stereocenters. The van der Waals surface area contributed by atoms with Crippen LogP contribution in [0.5, 0.6) is 5.75 Å². The van der Waals surface area contributed by atoms with E-state index in [1.807, 2.05) is 19.1 Å². The Labute approximate surface area is 182 Å². The van der Waals surface area contributed by atoms with Gasteiger partial charge in [-0.15, -0.1) is 24.0 Å². The Hall–Kier alpha value is -2.36. The van der Waals surface area contributed by atoms with Gasteiger partial charge in [0, 0.05) is 30.8 Å². The Bertz CT molecular complexity index is 786. The lowest BCUT2D eigenvalue weighted by molar-refractivity contribution is -0.114. The van der Waals surface area contributed by atoms with Crippen LogP contribution in [0.3, 0.4) is 0 Å². The van der Waals surface area contributed by atoms with Crippen molar-refractivity contribution in [3.05, 3.63) is 59.9 Å². The second kappa shape index (κ2) is 12.9. The van der Waals surface area contributed by atoms with Crippen LogP contribution in [0.4, 0.5) is 10.1 Å². The van der Waals surface area contributed by atoms with E-state index in [0.717, 1.165) is 0 Å². The van der Waals surface area contributed by atoms with E-state index in [2.05, 4.69) is 20.9 Å². The summed E-state index contributed by atoms with van der Waals surface area (Å²) in [6, 6.07) is 13.8. The Balaban J connectivity index is 0.00000392. The number of ether oxygens (including phenoxy) is 1. The van der Waals surface area contributed by atoms with Gasteiger partial charge in [0.15, 0.2) is 5.96 Å². The molecule has 0 saturated heterocycles. The topological polar surface area (TPSA) is 74.8 Å². The molecule has 0 bridgehead atoms. The third kappa shape index (κ3) is 8.55. The summed E-state index contributed by atoms with van der Waals surface area (Å²) in [5, 5.41) is 8.98. The molecule has 2 aromatic rings. The van der Waals surface area contributed by atoms with Gasteiger partial charge in [0.1, 0.15) is 18.2 Å². The van der Waals surface area contributed by atoms with Crippen LogP contribution in [-0.4, -0.2) is 31.6 Å². The Kier molecular flexibility index (Phi) is 10.9. The number of nitrogens with zero attached hydrogens (tertiary/aromatic N) is 1. The van der Waals surface area contributed by atoms with Gasteiger partial charge < -0.3 is 20.7 Å². The number of benzene rings is 2. The van der Waals surface area contributed by atoms with Crippen molar-refractivity contribution < 1.29 is 13.9 Å². The van der Waals surface area contributed by atoms with Gasteiger partial charge in [0.2, 0.25) is 5.91 Å². The molecule has 0 saturated carbocycles. The van der Waals surface area contributed by atoms with Crippen molar-refractivity contribution in [2.75, 3.05) is 25.0 Å². The molecule has 0 aliphatic heterocycles. The molecule has 8 heteroatoms. The summed E-state index contributed by atoms with van der Waals surface area (Å²) in [5.41, 5.74) is 1.23. The largest absolute Gasteiger partial charge is 0.492 e. The van der Waals surface area contributed by atoms with E-state index < -0.39 is 0 Å². The molecular formula is C20H26FIN4O2. The lowest BCUT2D eigenvalue weighted by atomic mass is 10.2. The zero-order chi connectivity index (χ0) is 19.5. The van der Waals surface area contributed by atoms with Crippen molar-refractivity contribution in [1.82, 2.24) is 10.6 Å². The molecule has 0 aromatic heterocycles. The molecule has 6 nitrogen and oxygen atoms in total. The van der Waals surface area contributed by atoms with E-state index in [0.29, 0.717) is 42.7 Å². The minimum atomic E-state index is -0.264. The van der Waals surface area contributed by atoms with Crippen molar-refractivity contribution in [3.8, 4) is 5.75 Å². The fourth-order valence-electron chi connectivity index (χ4n) is 2.34. The number of aliphatic imine (C=N–C) groups is 1. The third-order valence-corrected chi connectivity index (χ3v) is 3.53. The van der Waals surface area contributed by atoms with Crippen LogP contribution in [0.25, 0.3) is 0 Å². The van der Waals surface area contributed by atoms with Crippen LogP contribution in [0.2, 0.25) is 0 Å². The molecule has 0 aliphatic rings. The predicted molar refractivity (Wildman–Crippen MR) is 121 cm³/mol. The maximum atomic E-state index is 13.7. The maximum absolute atomic E-state index is 13.7. The molecule has 0 fully saturated rings. The number of carbonyl (C=O) groups is 1. The average Bonchev–Trinajstić information content (AvgIpc) is 2.64. The van der Waals surface area contributed by atoms with Gasteiger partial charge >= 0.3 is 0 Å². The summed E-state index contributed by atoms with van der Waals surface area (Å²) in [5.74, 6) is 0.863. The fourth-order valence-corrected chi connectivity index (χ4v) is 2.34. The number of hydrogen-bond acceptors (Lipinski definition) is 3. The highest BCUT2D eigenvalue weighted by atomic mass is 127. The van der Waals surface area contributed by atoms with Crippen LogP contribution in [0.1, 0.15) is 19.4 Å². The van der Waals surface area contributed by atoms with Gasteiger partial charge in [-0.3, -0.25) is 4.79 Å². The van der Waals surface area contributed by atoms with E-state index in [1.54, 1.807) is 30.3 Å². The van der Waals surface area contributed by atoms with Crippen LogP contribution < -0.4 is 20.7 Å². The lowest BCUT2D eigenvalue weighted by Gasteiger charge is -2.13. The molecule has 1 amide bonds. The standard InChI is InChI=1S/C20H25FN4O2.HI/c1-3-22-20(24-14-16-7-4-5-10-19(16)21)23-11-12-27-18-9-6-8-17(13-18)25-15(2)26;/h4-10,13H,3,11-12,14H2,1-2H3,(H,25,26)(H2,22,23,24);1H. The average molecular weight is 500 g/mol. The van der Waals surface area contributed by atoms with E-state index in [-0.39, 0.29) is 42.2 Å². The third-order valence-electron chi connectivity index (χ3n) is 3.53. The monoisotopic (exact) mass is 500 g/mol. The van der Waals surface area contributed by atoms with Gasteiger partial charge in [-0.2, -0.15) is 0 Å². The zero-order valence-corrected chi connectivity index (χ0v) is 18.3. The molecule has 2 aromatic carbocycles. The maximum Gasteiger partial charge on any atom is 0.221 e. The van der Waals surface area contributed by atoms with Crippen LogP contribution in [0, 0.1) is 5.82 Å². The van der Waals surface area contributed by atoms with Gasteiger partial charge in [-0.1, -0.05) is 24.3 Å². The zero-order valence-electron chi connectivity index (χ0n) is 16.0. The summed E-state index contributed by atoms with van der Waals surface area (Å²) in [7, 11) is 0. The van der Waals surface area contributed by atoms with Crippen molar-refractivity contribution in [2.24, 2.45) is 4.99 Å². The normalized spacial score (nSPS) is 10.6. The van der Waals surface area contributed by atoms with Crippen LogP contribution in [0.15, 0.2) is 53.5 Å². The summed E-state index contributed by atoms with van der Waals surface area (Å²) >= 11 is 0. The minimum Gasteiger partial charge on any atom is -0.492 e. The summed E-state index contributed by atoms with van der Waals surface area (Å²) in [4.78, 5) is 15.5. The summed E-state index contributed by atoms with van der Waals surface area (Å²) in [6.45, 7) is 5.30. The number of amides is 1. The van der Waals surface area contributed by atoms with Crippen molar-refractivity contribution >= 4 is 41.5 Å². The van der Waals surface area contributed by atoms with E-state index >= 15 is 0 Å². The number of nitrogens with one attached hydrogen (secondary N) is 3. The molecule has 152 valence electrons. The van der Waals surface area contributed by atoms with Crippen LogP contribution in [-0.2, 0) is 11.3 Å². The van der Waals surface area contributed by atoms with E-state index in [9.17, 15) is 9.18 Å². The second-order valence-corrected chi connectivity index (χ2v) is 5.77. The fraction of sp³-hybridized carbons (Fsp3) is 0.300. The SMILES string of the molecule is CCNC(=NCc1ccccc1F)NCCOc1cccc(NC(C)=O)c1.I. The first kappa shape index (κ1) is 23.7. The first-order chi connectivity index (χ1) is 13.1. The number of hydrogen-bond donors (Lipinski definition) is 3. The van der Waals surface area contributed by atoms with E-state index in [4.69, 9.17) is 4.74 Å². The summed E-state index contributed by atoms with van der Waals surface area (Å²) in [6.07, 6.45) is 0. The highest BCUT2D eigenvalue weighted by Gasteiger charge is 2.02. The molecule has 0 heterocycles. The predicted octanol–water partition coefficient (Wildman–Crippen LogP) is 3.54. The molecule has 0 unspecified atom stereocenters. The molecular weight excluding hydrogens is 474 g/mol. The van der Waals surface area contributed by atoms with Gasteiger partial charge in [-0.05, 0) is 25.1 Å². The lowest BCUT2D eigenvalue weighted by Crippen LogP contribution is -2.39. The summed E-state index contributed by atoms with van der Waals surface area (Å²) < 4.78 is 19.4. The Morgan fingerprint density at radius 1 is 1.14 bits per heavy atom. The number of anilines is 1. The molecule has 3 N–H and O–H groups in total. The smallest absolute Gasteiger partial charge is 0.221 e. The first-order valence-corrected chi connectivity index (χ1v) is 8.84. The Morgan fingerprint density at radius 2 is 1.93 bits per heavy atom. The van der Waals surface area contributed by atoms with Crippen molar-refractivity contribution in [3.63, 3.8) is 0 Å². The quantitative estimate of drug-likeness (QED) is 0.225. The molecule has 0 aliphatic carbocycles. The van der Waals surface area contributed by atoms with Crippen LogP contribution >= 0.6 is 24.0 Å². The second-order valence-electron chi connectivity index (χ2n) is 5.77. The first-order valence-electron chi connectivity index (χ1n) is 8.84. The molecule has 28 heavy (non-hydrogen) atoms. The highest BCUT2D eigenvalue weighted by molar-refractivity contribution is 14.0. The molecule has 0 radical (unpaired) electrons. The molecule has 0 spiro atoms. The van der Waals surface area contributed by atoms with Gasteiger partial charge in [0.25, 0.3) is 0 Å². The number of guanidine groups is 1.